The quantitative estimate of drug-likeness (QED) is 0.450. The van der Waals surface area contributed by atoms with E-state index in [0.29, 0.717) is 5.69 Å². The molecule has 4 heteroatoms. The van der Waals surface area contributed by atoms with E-state index in [1.165, 1.54) is 0 Å². The van der Waals surface area contributed by atoms with Crippen LogP contribution in [0.4, 0.5) is 5.69 Å². The van der Waals surface area contributed by atoms with E-state index in [0.717, 1.165) is 16.3 Å². The maximum atomic E-state index is 9.05. The minimum Gasteiger partial charge on any atom is -0.392 e. The number of nitrogens with zero attached hydrogens (tertiary/aromatic N) is 3. The summed E-state index contributed by atoms with van der Waals surface area (Å²) in [5.41, 5.74) is 9.74. The fourth-order valence-electron chi connectivity index (χ4n) is 1.57. The van der Waals surface area contributed by atoms with Crippen LogP contribution < -0.4 is 0 Å². The second-order valence-corrected chi connectivity index (χ2v) is 3.18. The van der Waals surface area contributed by atoms with E-state index in [1.54, 1.807) is 6.07 Å². The van der Waals surface area contributed by atoms with Crippen molar-refractivity contribution in [2.75, 3.05) is 0 Å². The predicted molar refractivity (Wildman–Crippen MR) is 58.7 cm³/mol. The molecule has 2 rings (SSSR count). The molecule has 1 N–H and O–H groups in total. The fraction of sp³-hybridized carbons (Fsp3) is 0.0909. The lowest BCUT2D eigenvalue weighted by atomic mass is 10.1. The number of aliphatic hydroxyl groups is 1. The van der Waals surface area contributed by atoms with Crippen LogP contribution in [0.3, 0.4) is 0 Å². The van der Waals surface area contributed by atoms with Crippen molar-refractivity contribution in [1.29, 1.82) is 0 Å². The molecule has 0 unspecified atom stereocenters. The van der Waals surface area contributed by atoms with Crippen LogP contribution in [0.5, 0.6) is 0 Å². The van der Waals surface area contributed by atoms with Gasteiger partial charge in [-0.15, -0.1) is 0 Å². The monoisotopic (exact) mass is 199 g/mol. The molecule has 0 aromatic heterocycles. The molecule has 0 saturated heterocycles. The van der Waals surface area contributed by atoms with Gasteiger partial charge in [-0.3, -0.25) is 0 Å². The summed E-state index contributed by atoms with van der Waals surface area (Å²) in [4.78, 5) is 2.77. The highest BCUT2D eigenvalue weighted by atomic mass is 16.3. The van der Waals surface area contributed by atoms with Gasteiger partial charge in [0.05, 0.1) is 6.61 Å². The molecule has 4 nitrogen and oxygen atoms in total. The zero-order valence-electron chi connectivity index (χ0n) is 7.96. The molecule has 0 aliphatic rings. The Bertz CT molecular complexity index is 545. The summed E-state index contributed by atoms with van der Waals surface area (Å²) in [7, 11) is 0. The second-order valence-electron chi connectivity index (χ2n) is 3.18. The zero-order valence-corrected chi connectivity index (χ0v) is 7.96. The number of hydrogen-bond acceptors (Lipinski definition) is 2. The molecule has 2 aromatic carbocycles. The van der Waals surface area contributed by atoms with Crippen molar-refractivity contribution < 1.29 is 5.11 Å². The fourth-order valence-corrected chi connectivity index (χ4v) is 1.57. The van der Waals surface area contributed by atoms with Crippen molar-refractivity contribution in [1.82, 2.24) is 0 Å². The zero-order chi connectivity index (χ0) is 10.7. The third kappa shape index (κ3) is 1.76. The minimum absolute atomic E-state index is 0.0568. The Morgan fingerprint density at radius 1 is 1.27 bits per heavy atom. The van der Waals surface area contributed by atoms with Crippen molar-refractivity contribution in [3.63, 3.8) is 0 Å². The number of fused-ring (bicyclic) bond motifs is 1. The van der Waals surface area contributed by atoms with E-state index in [9.17, 15) is 0 Å². The molecule has 0 bridgehead atoms. The normalized spacial score (nSPS) is 9.93. The van der Waals surface area contributed by atoms with Crippen molar-refractivity contribution in [3.05, 3.63) is 52.4 Å². The maximum absolute atomic E-state index is 9.05. The van der Waals surface area contributed by atoms with Crippen molar-refractivity contribution in [3.8, 4) is 0 Å². The first-order valence-electron chi connectivity index (χ1n) is 4.53. The molecule has 0 atom stereocenters. The highest BCUT2D eigenvalue weighted by Crippen LogP contribution is 2.27. The first kappa shape index (κ1) is 9.52. The average molecular weight is 199 g/mol. The van der Waals surface area contributed by atoms with E-state index in [4.69, 9.17) is 10.6 Å². The summed E-state index contributed by atoms with van der Waals surface area (Å²) >= 11 is 0. The van der Waals surface area contributed by atoms with Gasteiger partial charge in [0.15, 0.2) is 0 Å². The highest BCUT2D eigenvalue weighted by Gasteiger charge is 2.01. The SMILES string of the molecule is [N-]=[N+]=Nc1cc(CO)cc2ccccc12. The molecule has 0 heterocycles. The Balaban J connectivity index is 2.79. The van der Waals surface area contributed by atoms with E-state index < -0.39 is 0 Å². The van der Waals surface area contributed by atoms with Gasteiger partial charge in [0.1, 0.15) is 0 Å². The summed E-state index contributed by atoms with van der Waals surface area (Å²) in [5, 5.41) is 14.5. The first-order valence-corrected chi connectivity index (χ1v) is 4.53. The van der Waals surface area contributed by atoms with Gasteiger partial charge in [0.2, 0.25) is 0 Å². The van der Waals surface area contributed by atoms with Crippen LogP contribution in [-0.4, -0.2) is 5.11 Å². The number of azide groups is 1. The van der Waals surface area contributed by atoms with Gasteiger partial charge in [0.25, 0.3) is 0 Å². The van der Waals surface area contributed by atoms with Crippen LogP contribution in [-0.2, 0) is 6.61 Å². The number of aliphatic hydroxyl groups excluding tert-OH is 1. The summed E-state index contributed by atoms with van der Waals surface area (Å²) < 4.78 is 0. The van der Waals surface area contributed by atoms with E-state index in [2.05, 4.69) is 10.0 Å². The molecule has 15 heavy (non-hydrogen) atoms. The van der Waals surface area contributed by atoms with Gasteiger partial charge in [-0.25, -0.2) is 0 Å². The molecule has 0 aliphatic heterocycles. The summed E-state index contributed by atoms with van der Waals surface area (Å²) in [6.45, 7) is -0.0568. The van der Waals surface area contributed by atoms with Crippen LogP contribution in [0.1, 0.15) is 5.56 Å². The van der Waals surface area contributed by atoms with E-state index in [-0.39, 0.29) is 6.61 Å². The van der Waals surface area contributed by atoms with Crippen LogP contribution in [0.15, 0.2) is 41.5 Å². The number of rotatable bonds is 2. The third-order valence-corrected chi connectivity index (χ3v) is 2.23. The lowest BCUT2D eigenvalue weighted by Crippen LogP contribution is -1.83. The molecule has 0 spiro atoms. The van der Waals surface area contributed by atoms with Gasteiger partial charge in [-0.1, -0.05) is 29.4 Å². The van der Waals surface area contributed by atoms with Crippen LogP contribution in [0.25, 0.3) is 21.2 Å². The Morgan fingerprint density at radius 2 is 2.07 bits per heavy atom. The molecule has 2 aromatic rings. The van der Waals surface area contributed by atoms with Crippen LogP contribution in [0, 0.1) is 0 Å². The first-order chi connectivity index (χ1) is 7.35. The van der Waals surface area contributed by atoms with Gasteiger partial charge >= 0.3 is 0 Å². The smallest absolute Gasteiger partial charge is 0.0682 e. The topological polar surface area (TPSA) is 69.0 Å². The molecular weight excluding hydrogens is 190 g/mol. The Hall–Kier alpha value is -2.03. The summed E-state index contributed by atoms with van der Waals surface area (Å²) in [6.07, 6.45) is 0. The van der Waals surface area contributed by atoms with Gasteiger partial charge in [0, 0.05) is 10.6 Å². The molecule has 0 aliphatic carbocycles. The molecule has 0 saturated carbocycles. The number of hydrogen-bond donors (Lipinski definition) is 1. The summed E-state index contributed by atoms with van der Waals surface area (Å²) in [6, 6.07) is 11.2. The maximum Gasteiger partial charge on any atom is 0.0682 e. The van der Waals surface area contributed by atoms with Gasteiger partial charge < -0.3 is 5.11 Å². The summed E-state index contributed by atoms with van der Waals surface area (Å²) in [5.74, 6) is 0. The molecular formula is C11H9N3O. The Labute approximate surface area is 86.4 Å². The highest BCUT2D eigenvalue weighted by molar-refractivity contribution is 5.93. The average Bonchev–Trinajstić information content (AvgIpc) is 2.29. The largest absolute Gasteiger partial charge is 0.392 e. The van der Waals surface area contributed by atoms with Gasteiger partial charge in [-0.05, 0) is 34.0 Å². The standard InChI is InChI=1S/C11H9N3O/c12-14-13-11-6-8(7-15)5-9-3-1-2-4-10(9)11/h1-6,15H,7H2. The Morgan fingerprint density at radius 3 is 2.80 bits per heavy atom. The molecule has 0 radical (unpaired) electrons. The molecule has 74 valence electrons. The van der Waals surface area contributed by atoms with Crippen molar-refractivity contribution in [2.24, 2.45) is 5.11 Å². The Kier molecular flexibility index (Phi) is 2.54. The molecule has 0 fully saturated rings. The van der Waals surface area contributed by atoms with Gasteiger partial charge in [-0.2, -0.15) is 0 Å². The van der Waals surface area contributed by atoms with Crippen LogP contribution in [0.2, 0.25) is 0 Å². The lowest BCUT2D eigenvalue weighted by molar-refractivity contribution is 0.282. The number of benzene rings is 2. The van der Waals surface area contributed by atoms with E-state index >= 15 is 0 Å². The van der Waals surface area contributed by atoms with Crippen LogP contribution >= 0.6 is 0 Å². The minimum atomic E-state index is -0.0568. The van der Waals surface area contributed by atoms with Crippen molar-refractivity contribution >= 4 is 16.5 Å². The molecule has 0 amide bonds. The van der Waals surface area contributed by atoms with Crippen molar-refractivity contribution in [2.45, 2.75) is 6.61 Å². The lowest BCUT2D eigenvalue weighted by Gasteiger charge is -2.04. The predicted octanol–water partition coefficient (Wildman–Crippen LogP) is 3.27. The third-order valence-electron chi connectivity index (χ3n) is 2.23. The second kappa shape index (κ2) is 4.00. The van der Waals surface area contributed by atoms with E-state index in [1.807, 2.05) is 30.3 Å².